The van der Waals surface area contributed by atoms with Crippen molar-refractivity contribution in [3.8, 4) is 0 Å². The van der Waals surface area contributed by atoms with Crippen LogP contribution in [0.1, 0.15) is 16.7 Å². The van der Waals surface area contributed by atoms with E-state index in [1.807, 2.05) is 26.0 Å². The Balaban J connectivity index is 2.22. The molecule has 0 amide bonds. The van der Waals surface area contributed by atoms with E-state index in [1.165, 1.54) is 12.1 Å². The molecule has 2 aromatic carbocycles. The minimum atomic E-state index is -3.65. The molecule has 26 heavy (non-hydrogen) atoms. The summed E-state index contributed by atoms with van der Waals surface area (Å²) in [7, 11) is -3.65. The van der Waals surface area contributed by atoms with Crippen LogP contribution < -0.4 is 5.73 Å². The molecule has 3 rings (SSSR count). The first-order valence-electron chi connectivity index (χ1n) is 8.07. The predicted molar refractivity (Wildman–Crippen MR) is 101 cm³/mol. The first-order valence-corrected chi connectivity index (χ1v) is 10.1. The fourth-order valence-electron chi connectivity index (χ4n) is 2.82. The third-order valence-electron chi connectivity index (χ3n) is 4.32. The smallest absolute Gasteiger partial charge is 0.229 e. The van der Waals surface area contributed by atoms with E-state index in [1.54, 1.807) is 10.6 Å². The highest BCUT2D eigenvalue weighted by Gasteiger charge is 2.24. The van der Waals surface area contributed by atoms with Gasteiger partial charge in [0.1, 0.15) is 5.82 Å². The molecule has 0 aliphatic rings. The largest absolute Gasteiger partial charge is 0.329 e. The van der Waals surface area contributed by atoms with Crippen molar-refractivity contribution in [3.05, 3.63) is 57.9 Å². The van der Waals surface area contributed by atoms with Gasteiger partial charge in [-0.25, -0.2) is 17.8 Å². The van der Waals surface area contributed by atoms with Gasteiger partial charge in [-0.15, -0.1) is 0 Å². The number of fused-ring (bicyclic) bond motifs is 1. The Morgan fingerprint density at radius 3 is 2.54 bits per heavy atom. The van der Waals surface area contributed by atoms with E-state index in [9.17, 15) is 12.8 Å². The summed E-state index contributed by atoms with van der Waals surface area (Å²) in [6.45, 7) is 4.11. The molecule has 5 nitrogen and oxygen atoms in total. The molecule has 138 valence electrons. The Kier molecular flexibility index (Phi) is 5.05. The van der Waals surface area contributed by atoms with Crippen LogP contribution in [-0.2, 0) is 16.4 Å². The monoisotopic (exact) mass is 395 g/mol. The third-order valence-corrected chi connectivity index (χ3v) is 6.25. The highest BCUT2D eigenvalue weighted by atomic mass is 35.5. The average Bonchev–Trinajstić information content (AvgIpc) is 2.90. The maximum absolute atomic E-state index is 13.4. The molecule has 0 fully saturated rings. The van der Waals surface area contributed by atoms with Crippen LogP contribution in [-0.4, -0.2) is 30.3 Å². The molecule has 0 atom stereocenters. The van der Waals surface area contributed by atoms with Crippen LogP contribution in [0.4, 0.5) is 4.39 Å². The summed E-state index contributed by atoms with van der Waals surface area (Å²) in [5.41, 5.74) is 9.48. The van der Waals surface area contributed by atoms with Crippen LogP contribution in [0.5, 0.6) is 0 Å². The van der Waals surface area contributed by atoms with Crippen molar-refractivity contribution < 1.29 is 12.8 Å². The van der Waals surface area contributed by atoms with Gasteiger partial charge in [-0.3, -0.25) is 0 Å². The first-order chi connectivity index (χ1) is 12.2. The van der Waals surface area contributed by atoms with E-state index in [2.05, 4.69) is 4.98 Å². The lowest BCUT2D eigenvalue weighted by molar-refractivity contribution is 0.575. The normalized spacial score (nSPS) is 12.0. The van der Waals surface area contributed by atoms with Crippen molar-refractivity contribution in [2.45, 2.75) is 25.5 Å². The maximum atomic E-state index is 13.4. The molecule has 1 aromatic heterocycles. The Bertz CT molecular complexity index is 1090. The Morgan fingerprint density at radius 1 is 1.19 bits per heavy atom. The topological polar surface area (TPSA) is 78.0 Å². The van der Waals surface area contributed by atoms with Gasteiger partial charge < -0.3 is 10.3 Å². The SMILES string of the molecule is Cc1cc2nc(S(=O)(=O)CCN)n(Cc3ccc(F)c(Cl)c3)c2cc1C. The fraction of sp³-hybridized carbons (Fsp3) is 0.278. The highest BCUT2D eigenvalue weighted by molar-refractivity contribution is 7.91. The minimum absolute atomic E-state index is 0.00592. The zero-order chi connectivity index (χ0) is 19.1. The molecule has 0 bridgehead atoms. The molecule has 0 radical (unpaired) electrons. The zero-order valence-corrected chi connectivity index (χ0v) is 16.0. The zero-order valence-electron chi connectivity index (χ0n) is 14.5. The molecule has 2 N–H and O–H groups in total. The van der Waals surface area contributed by atoms with E-state index in [4.69, 9.17) is 17.3 Å². The molecule has 0 aliphatic heterocycles. The predicted octanol–water partition coefficient (Wildman–Crippen LogP) is 3.23. The van der Waals surface area contributed by atoms with Crippen LogP contribution in [0.2, 0.25) is 5.02 Å². The molecule has 0 unspecified atom stereocenters. The van der Waals surface area contributed by atoms with Crippen molar-refractivity contribution >= 4 is 32.5 Å². The summed E-state index contributed by atoms with van der Waals surface area (Å²) >= 11 is 5.86. The number of aromatic nitrogens is 2. The number of nitrogens with zero attached hydrogens (tertiary/aromatic N) is 2. The van der Waals surface area contributed by atoms with Gasteiger partial charge in [0, 0.05) is 6.54 Å². The number of imidazole rings is 1. The van der Waals surface area contributed by atoms with Crippen molar-refractivity contribution in [2.75, 3.05) is 12.3 Å². The second-order valence-electron chi connectivity index (χ2n) is 6.26. The second kappa shape index (κ2) is 6.98. The molecule has 0 spiro atoms. The van der Waals surface area contributed by atoms with Crippen molar-refractivity contribution in [1.29, 1.82) is 0 Å². The number of nitrogens with two attached hydrogens (primary N) is 1. The molecule has 8 heteroatoms. The lowest BCUT2D eigenvalue weighted by Crippen LogP contribution is -2.20. The molecule has 1 heterocycles. The molecule has 0 aliphatic carbocycles. The summed E-state index contributed by atoms with van der Waals surface area (Å²) in [5, 5.41) is -0.0475. The van der Waals surface area contributed by atoms with Crippen LogP contribution in [0, 0.1) is 19.7 Å². The van der Waals surface area contributed by atoms with Gasteiger partial charge in [-0.2, -0.15) is 0 Å². The number of rotatable bonds is 5. The Morgan fingerprint density at radius 2 is 1.88 bits per heavy atom. The average molecular weight is 396 g/mol. The first kappa shape index (κ1) is 18.8. The van der Waals surface area contributed by atoms with Gasteiger partial charge in [-0.05, 0) is 54.8 Å². The summed E-state index contributed by atoms with van der Waals surface area (Å²) in [6.07, 6.45) is 0. The Labute approximate surface area is 156 Å². The van der Waals surface area contributed by atoms with Crippen molar-refractivity contribution in [3.63, 3.8) is 0 Å². The van der Waals surface area contributed by atoms with Gasteiger partial charge in [0.2, 0.25) is 15.0 Å². The van der Waals surface area contributed by atoms with Crippen LogP contribution in [0.3, 0.4) is 0 Å². The maximum Gasteiger partial charge on any atom is 0.229 e. The van der Waals surface area contributed by atoms with E-state index in [-0.39, 0.29) is 29.0 Å². The number of aryl methyl sites for hydroxylation is 2. The van der Waals surface area contributed by atoms with E-state index in [0.29, 0.717) is 16.6 Å². The lowest BCUT2D eigenvalue weighted by Gasteiger charge is -2.11. The van der Waals surface area contributed by atoms with Gasteiger partial charge in [0.05, 0.1) is 28.4 Å². The van der Waals surface area contributed by atoms with Crippen LogP contribution >= 0.6 is 11.6 Å². The highest BCUT2D eigenvalue weighted by Crippen LogP contribution is 2.26. The molecular weight excluding hydrogens is 377 g/mol. The number of halogens is 2. The summed E-state index contributed by atoms with van der Waals surface area (Å²) in [6, 6.07) is 8.10. The van der Waals surface area contributed by atoms with Gasteiger partial charge in [0.25, 0.3) is 0 Å². The van der Waals surface area contributed by atoms with Gasteiger partial charge >= 0.3 is 0 Å². The van der Waals surface area contributed by atoms with E-state index in [0.717, 1.165) is 11.1 Å². The third kappa shape index (κ3) is 3.47. The Hall–Kier alpha value is -1.96. The van der Waals surface area contributed by atoms with Crippen LogP contribution in [0.15, 0.2) is 35.5 Å². The second-order valence-corrected chi connectivity index (χ2v) is 8.67. The molecule has 3 aromatic rings. The summed E-state index contributed by atoms with van der Waals surface area (Å²) in [4.78, 5) is 4.35. The molecule has 0 saturated heterocycles. The minimum Gasteiger partial charge on any atom is -0.329 e. The quantitative estimate of drug-likeness (QED) is 0.719. The summed E-state index contributed by atoms with van der Waals surface area (Å²) < 4.78 is 40.4. The van der Waals surface area contributed by atoms with Gasteiger partial charge in [0.15, 0.2) is 0 Å². The van der Waals surface area contributed by atoms with E-state index >= 15 is 0 Å². The fourth-order valence-corrected chi connectivity index (χ4v) is 4.25. The molecule has 0 saturated carbocycles. The number of hydrogen-bond donors (Lipinski definition) is 1. The standard InChI is InChI=1S/C18H19ClFN3O2S/c1-11-7-16-17(8-12(11)2)23(18(22-16)26(24,25)6-5-21)10-13-3-4-15(20)14(19)9-13/h3-4,7-9H,5-6,10,21H2,1-2H3. The summed E-state index contributed by atoms with van der Waals surface area (Å²) in [5.74, 6) is -0.716. The molecular formula is C18H19ClFN3O2S. The van der Waals surface area contributed by atoms with E-state index < -0.39 is 15.7 Å². The van der Waals surface area contributed by atoms with Crippen molar-refractivity contribution in [1.82, 2.24) is 9.55 Å². The van der Waals surface area contributed by atoms with Gasteiger partial charge in [-0.1, -0.05) is 17.7 Å². The van der Waals surface area contributed by atoms with Crippen molar-refractivity contribution in [2.24, 2.45) is 5.73 Å². The lowest BCUT2D eigenvalue weighted by atomic mass is 10.1. The number of sulfone groups is 1. The number of hydrogen-bond acceptors (Lipinski definition) is 4. The van der Waals surface area contributed by atoms with Crippen LogP contribution in [0.25, 0.3) is 11.0 Å². The number of benzene rings is 2.